The number of aryl methyl sites for hydroxylation is 1. The molecule has 2 aromatic carbocycles. The quantitative estimate of drug-likeness (QED) is 0.351. The second-order valence-corrected chi connectivity index (χ2v) is 12.6. The van der Waals surface area contributed by atoms with E-state index in [1.165, 1.54) is 16.5 Å². The van der Waals surface area contributed by atoms with E-state index >= 15 is 0 Å². The molecule has 0 spiro atoms. The van der Waals surface area contributed by atoms with Gasteiger partial charge in [-0.25, -0.2) is 4.79 Å². The number of rotatable bonds is 6. The molecule has 3 heterocycles. The highest BCUT2D eigenvalue weighted by Crippen LogP contribution is 2.38. The van der Waals surface area contributed by atoms with Crippen LogP contribution < -0.4 is 9.47 Å². The van der Waals surface area contributed by atoms with E-state index in [4.69, 9.17) is 14.2 Å². The smallest absolute Gasteiger partial charge is 0.410 e. The maximum atomic E-state index is 13.5. The summed E-state index contributed by atoms with van der Waals surface area (Å²) in [7, 11) is 3.31. The second kappa shape index (κ2) is 12.3. The number of likely N-dealkylation sites (tertiary alicyclic amines) is 2. The van der Waals surface area contributed by atoms with Crippen LogP contribution in [0.4, 0.5) is 4.79 Å². The van der Waals surface area contributed by atoms with Crippen molar-refractivity contribution in [2.24, 2.45) is 5.92 Å². The third-order valence-electron chi connectivity index (χ3n) is 8.66. The normalized spacial score (nSPS) is 18.3. The van der Waals surface area contributed by atoms with Gasteiger partial charge in [0.25, 0.3) is 0 Å². The Balaban J connectivity index is 1.26. The number of nitrogens with one attached hydrogen (secondary N) is 1. The third kappa shape index (κ3) is 6.22. The molecular weight excluding hydrogens is 530 g/mol. The number of carbonyl (C=O) groups excluding carboxylic acids is 2. The van der Waals surface area contributed by atoms with Gasteiger partial charge in [0.2, 0.25) is 5.91 Å². The van der Waals surface area contributed by atoms with Crippen molar-refractivity contribution in [3.8, 4) is 22.8 Å². The fourth-order valence-electron chi connectivity index (χ4n) is 6.49. The number of amides is 2. The molecule has 2 fully saturated rings. The Morgan fingerprint density at radius 2 is 1.67 bits per heavy atom. The van der Waals surface area contributed by atoms with Crippen molar-refractivity contribution in [2.75, 3.05) is 40.4 Å². The Hall–Kier alpha value is -3.68. The molecule has 8 nitrogen and oxygen atoms in total. The Bertz CT molecular complexity index is 1430. The van der Waals surface area contributed by atoms with E-state index < -0.39 is 5.60 Å². The lowest BCUT2D eigenvalue weighted by atomic mass is 9.87. The number of aromatic amines is 1. The van der Waals surface area contributed by atoms with Gasteiger partial charge in [-0.1, -0.05) is 13.0 Å². The van der Waals surface area contributed by atoms with E-state index in [0.717, 1.165) is 62.0 Å². The van der Waals surface area contributed by atoms with Crippen LogP contribution in [0, 0.1) is 5.92 Å². The number of hydrogen-bond donors (Lipinski definition) is 1. The first kappa shape index (κ1) is 29.8. The number of carbonyl (C=O) groups is 2. The second-order valence-electron chi connectivity index (χ2n) is 12.6. The number of hydrogen-bond acceptors (Lipinski definition) is 5. The number of ether oxygens (including phenoxy) is 3. The summed E-state index contributed by atoms with van der Waals surface area (Å²) in [4.78, 5) is 33.4. The first-order valence-corrected chi connectivity index (χ1v) is 15.3. The van der Waals surface area contributed by atoms with Gasteiger partial charge in [0, 0.05) is 48.3 Å². The minimum atomic E-state index is -0.540. The number of piperidine rings is 2. The van der Waals surface area contributed by atoms with E-state index in [9.17, 15) is 9.59 Å². The fraction of sp³-hybridized carbons (Fsp3) is 0.529. The molecule has 42 heavy (non-hydrogen) atoms. The Kier molecular flexibility index (Phi) is 8.71. The van der Waals surface area contributed by atoms with Crippen LogP contribution in [0.5, 0.6) is 11.5 Å². The molecule has 0 radical (unpaired) electrons. The van der Waals surface area contributed by atoms with E-state index in [1.807, 2.05) is 37.8 Å². The van der Waals surface area contributed by atoms with Gasteiger partial charge in [-0.2, -0.15) is 0 Å². The van der Waals surface area contributed by atoms with Crippen LogP contribution in [0.25, 0.3) is 22.2 Å². The Morgan fingerprint density at radius 1 is 0.929 bits per heavy atom. The molecule has 2 aliphatic heterocycles. The number of benzene rings is 2. The first-order chi connectivity index (χ1) is 20.1. The summed E-state index contributed by atoms with van der Waals surface area (Å²) in [5, 5.41) is 1.25. The van der Waals surface area contributed by atoms with Crippen LogP contribution >= 0.6 is 0 Å². The van der Waals surface area contributed by atoms with Crippen molar-refractivity contribution in [1.29, 1.82) is 0 Å². The van der Waals surface area contributed by atoms with Crippen molar-refractivity contribution in [1.82, 2.24) is 14.8 Å². The van der Waals surface area contributed by atoms with Gasteiger partial charge in [-0.3, -0.25) is 4.79 Å². The highest BCUT2D eigenvalue weighted by Gasteiger charge is 2.34. The lowest BCUT2D eigenvalue weighted by molar-refractivity contribution is -0.138. The summed E-state index contributed by atoms with van der Waals surface area (Å²) in [6, 6.07) is 12.8. The Morgan fingerprint density at radius 3 is 2.33 bits per heavy atom. The van der Waals surface area contributed by atoms with Gasteiger partial charge in [-0.05, 0) is 100 Å². The summed E-state index contributed by atoms with van der Waals surface area (Å²) < 4.78 is 16.5. The molecule has 0 bridgehead atoms. The molecule has 1 N–H and O–H groups in total. The third-order valence-corrected chi connectivity index (χ3v) is 8.66. The molecule has 3 aromatic rings. The molecule has 5 rings (SSSR count). The molecule has 1 aromatic heterocycles. The van der Waals surface area contributed by atoms with Crippen molar-refractivity contribution in [3.05, 3.63) is 47.5 Å². The number of aromatic nitrogens is 1. The highest BCUT2D eigenvalue weighted by molar-refractivity contribution is 5.91. The van der Waals surface area contributed by atoms with Crippen molar-refractivity contribution in [2.45, 2.75) is 71.3 Å². The largest absolute Gasteiger partial charge is 0.493 e. The van der Waals surface area contributed by atoms with Crippen LogP contribution in [0.2, 0.25) is 0 Å². The topological polar surface area (TPSA) is 84.1 Å². The summed E-state index contributed by atoms with van der Waals surface area (Å²) in [5.41, 5.74) is 5.39. The zero-order chi connectivity index (χ0) is 30.0. The van der Waals surface area contributed by atoms with E-state index in [0.29, 0.717) is 30.5 Å². The molecular formula is C34H45N3O5. The van der Waals surface area contributed by atoms with Gasteiger partial charge in [0.05, 0.1) is 20.1 Å². The van der Waals surface area contributed by atoms with Crippen LogP contribution in [0.3, 0.4) is 0 Å². The maximum Gasteiger partial charge on any atom is 0.410 e. The molecule has 226 valence electrons. The number of fused-ring (bicyclic) bond motifs is 1. The molecule has 1 atom stereocenters. The van der Waals surface area contributed by atoms with Gasteiger partial charge >= 0.3 is 6.09 Å². The molecule has 2 amide bonds. The van der Waals surface area contributed by atoms with E-state index in [-0.39, 0.29) is 17.9 Å². The molecule has 1 unspecified atom stereocenters. The van der Waals surface area contributed by atoms with Gasteiger partial charge < -0.3 is 29.0 Å². The maximum absolute atomic E-state index is 13.5. The standard InChI is InChI=1S/C34H45N3O5/c1-7-26-27-19-23(10-12-28(27)35-31(26)24-11-13-29(40-5)30(20-24)41-6)22-14-17-36(18-15-22)32(38)25-9-8-16-37(21-25)33(39)42-34(2,3)4/h10-13,19-20,22,25,35H,7-9,14-18,21H2,1-6H3. The summed E-state index contributed by atoms with van der Waals surface area (Å²) in [6.45, 7) is 10.4. The fourth-order valence-corrected chi connectivity index (χ4v) is 6.49. The van der Waals surface area contributed by atoms with Crippen molar-refractivity contribution >= 4 is 22.9 Å². The highest BCUT2D eigenvalue weighted by atomic mass is 16.6. The van der Waals surface area contributed by atoms with Crippen LogP contribution in [0.1, 0.15) is 70.4 Å². The average molecular weight is 576 g/mol. The van der Waals surface area contributed by atoms with Gasteiger partial charge in [0.15, 0.2) is 11.5 Å². The lowest BCUT2D eigenvalue weighted by Gasteiger charge is -2.38. The van der Waals surface area contributed by atoms with E-state index in [2.05, 4.69) is 36.2 Å². The van der Waals surface area contributed by atoms with Crippen LogP contribution in [-0.2, 0) is 16.0 Å². The summed E-state index contributed by atoms with van der Waals surface area (Å²) >= 11 is 0. The molecule has 0 aliphatic carbocycles. The van der Waals surface area contributed by atoms with Gasteiger partial charge in [0.1, 0.15) is 5.60 Å². The minimum absolute atomic E-state index is 0.152. The zero-order valence-electron chi connectivity index (χ0n) is 25.9. The number of methoxy groups -OCH3 is 2. The number of nitrogens with zero attached hydrogens (tertiary/aromatic N) is 2. The first-order valence-electron chi connectivity index (χ1n) is 15.3. The van der Waals surface area contributed by atoms with Crippen LogP contribution in [-0.4, -0.2) is 72.8 Å². The average Bonchev–Trinajstić information content (AvgIpc) is 3.37. The van der Waals surface area contributed by atoms with Crippen molar-refractivity contribution < 1.29 is 23.8 Å². The SMILES string of the molecule is CCc1c(-c2ccc(OC)c(OC)c2)[nH]c2ccc(C3CCN(C(=O)C4CCCN(C(=O)OC(C)(C)C)C4)CC3)cc12. The predicted octanol–water partition coefficient (Wildman–Crippen LogP) is 6.77. The molecule has 8 heteroatoms. The molecule has 0 saturated carbocycles. The zero-order valence-corrected chi connectivity index (χ0v) is 25.9. The summed E-state index contributed by atoms with van der Waals surface area (Å²) in [5.74, 6) is 1.86. The monoisotopic (exact) mass is 575 g/mol. The van der Waals surface area contributed by atoms with E-state index in [1.54, 1.807) is 19.1 Å². The lowest BCUT2D eigenvalue weighted by Crippen LogP contribution is -2.49. The Labute approximate surface area is 249 Å². The molecule has 2 saturated heterocycles. The van der Waals surface area contributed by atoms with Crippen LogP contribution in [0.15, 0.2) is 36.4 Å². The minimum Gasteiger partial charge on any atom is -0.493 e. The van der Waals surface area contributed by atoms with Gasteiger partial charge in [-0.15, -0.1) is 0 Å². The van der Waals surface area contributed by atoms with Crippen molar-refractivity contribution in [3.63, 3.8) is 0 Å². The molecule has 2 aliphatic rings. The number of H-pyrrole nitrogens is 1. The summed E-state index contributed by atoms with van der Waals surface area (Å²) in [6.07, 6.45) is 4.11. The predicted molar refractivity (Wildman–Crippen MR) is 165 cm³/mol.